The van der Waals surface area contributed by atoms with Crippen LogP contribution in [0.1, 0.15) is 29.5 Å². The van der Waals surface area contributed by atoms with E-state index >= 15 is 0 Å². The van der Waals surface area contributed by atoms with Crippen molar-refractivity contribution in [3.05, 3.63) is 21.9 Å². The van der Waals surface area contributed by atoms with Gasteiger partial charge in [-0.15, -0.1) is 11.3 Å². The first-order valence-corrected chi connectivity index (χ1v) is 7.43. The van der Waals surface area contributed by atoms with Gasteiger partial charge in [-0.3, -0.25) is 4.90 Å². The molecule has 1 aromatic rings. The number of rotatable bonds is 3. The fourth-order valence-electron chi connectivity index (χ4n) is 2.49. The SMILES string of the molecule is COC1(C)CCCN(Cc2ccc(C#CCO)s2)C1. The summed E-state index contributed by atoms with van der Waals surface area (Å²) in [6, 6.07) is 4.16. The molecule has 0 saturated carbocycles. The van der Waals surface area contributed by atoms with Crippen molar-refractivity contribution in [2.24, 2.45) is 0 Å². The van der Waals surface area contributed by atoms with Crippen molar-refractivity contribution in [2.75, 3.05) is 26.8 Å². The van der Waals surface area contributed by atoms with Crippen molar-refractivity contribution >= 4 is 11.3 Å². The molecule has 1 saturated heterocycles. The van der Waals surface area contributed by atoms with E-state index in [-0.39, 0.29) is 12.2 Å². The molecule has 1 atom stereocenters. The van der Waals surface area contributed by atoms with E-state index in [1.807, 2.05) is 6.07 Å². The summed E-state index contributed by atoms with van der Waals surface area (Å²) in [6.07, 6.45) is 2.32. The molecule has 0 spiro atoms. The Morgan fingerprint density at radius 3 is 3.11 bits per heavy atom. The molecule has 1 N–H and O–H groups in total. The third-order valence-electron chi connectivity index (χ3n) is 3.56. The molecule has 2 rings (SSSR count). The lowest BCUT2D eigenvalue weighted by atomic mass is 9.95. The Hall–Kier alpha value is -0.860. The van der Waals surface area contributed by atoms with Gasteiger partial charge in [0.2, 0.25) is 0 Å². The average Bonchev–Trinajstić information content (AvgIpc) is 2.84. The van der Waals surface area contributed by atoms with E-state index in [1.54, 1.807) is 18.4 Å². The highest BCUT2D eigenvalue weighted by molar-refractivity contribution is 7.12. The van der Waals surface area contributed by atoms with Crippen LogP contribution in [0.15, 0.2) is 12.1 Å². The number of nitrogens with zero attached hydrogens (tertiary/aromatic N) is 1. The summed E-state index contributed by atoms with van der Waals surface area (Å²) in [4.78, 5) is 4.79. The van der Waals surface area contributed by atoms with Gasteiger partial charge >= 0.3 is 0 Å². The lowest BCUT2D eigenvalue weighted by Crippen LogP contribution is -2.46. The number of hydrogen-bond donors (Lipinski definition) is 1. The van der Waals surface area contributed by atoms with Gasteiger partial charge in [0.05, 0.1) is 10.5 Å². The van der Waals surface area contributed by atoms with Crippen LogP contribution in [-0.2, 0) is 11.3 Å². The van der Waals surface area contributed by atoms with Gasteiger partial charge in [0.15, 0.2) is 0 Å². The lowest BCUT2D eigenvalue weighted by molar-refractivity contribution is -0.0524. The largest absolute Gasteiger partial charge is 0.384 e. The third-order valence-corrected chi connectivity index (χ3v) is 4.55. The minimum absolute atomic E-state index is 0.00493. The number of ether oxygens (including phenoxy) is 1. The molecule has 2 heterocycles. The number of aliphatic hydroxyl groups excluding tert-OH is 1. The second kappa shape index (κ2) is 6.53. The summed E-state index contributed by atoms with van der Waals surface area (Å²) in [5, 5.41) is 8.69. The van der Waals surface area contributed by atoms with E-state index in [4.69, 9.17) is 9.84 Å². The second-order valence-electron chi connectivity index (χ2n) is 5.19. The van der Waals surface area contributed by atoms with Crippen molar-refractivity contribution in [1.29, 1.82) is 0 Å². The molecule has 19 heavy (non-hydrogen) atoms. The van der Waals surface area contributed by atoms with Crippen LogP contribution in [0.5, 0.6) is 0 Å². The van der Waals surface area contributed by atoms with Crippen LogP contribution in [0.2, 0.25) is 0 Å². The van der Waals surface area contributed by atoms with Crippen LogP contribution < -0.4 is 0 Å². The van der Waals surface area contributed by atoms with Crippen molar-refractivity contribution in [3.8, 4) is 11.8 Å². The number of hydrogen-bond acceptors (Lipinski definition) is 4. The molecule has 1 aromatic heterocycles. The molecule has 1 unspecified atom stereocenters. The van der Waals surface area contributed by atoms with Crippen molar-refractivity contribution in [2.45, 2.75) is 31.9 Å². The Balaban J connectivity index is 1.95. The van der Waals surface area contributed by atoms with Gasteiger partial charge in [-0.05, 0) is 38.4 Å². The highest BCUT2D eigenvalue weighted by Gasteiger charge is 2.30. The van der Waals surface area contributed by atoms with Crippen LogP contribution in [0.3, 0.4) is 0 Å². The van der Waals surface area contributed by atoms with Crippen LogP contribution in [0.25, 0.3) is 0 Å². The van der Waals surface area contributed by atoms with Gasteiger partial charge in [0.25, 0.3) is 0 Å². The van der Waals surface area contributed by atoms with E-state index < -0.39 is 0 Å². The fourth-order valence-corrected chi connectivity index (χ4v) is 3.41. The predicted molar refractivity (Wildman–Crippen MR) is 78.2 cm³/mol. The minimum Gasteiger partial charge on any atom is -0.384 e. The van der Waals surface area contributed by atoms with Crippen LogP contribution in [-0.4, -0.2) is 42.4 Å². The van der Waals surface area contributed by atoms with E-state index in [2.05, 4.69) is 29.7 Å². The molecule has 0 amide bonds. The second-order valence-corrected chi connectivity index (χ2v) is 6.36. The summed E-state index contributed by atoms with van der Waals surface area (Å²) in [5.74, 6) is 5.64. The molecule has 3 nitrogen and oxygen atoms in total. The smallest absolute Gasteiger partial charge is 0.104 e. The number of aliphatic hydroxyl groups is 1. The summed E-state index contributed by atoms with van der Waals surface area (Å²) in [5.41, 5.74) is -0.00493. The Morgan fingerprint density at radius 1 is 1.53 bits per heavy atom. The predicted octanol–water partition coefficient (Wildman–Crippen LogP) is 2.09. The zero-order valence-corrected chi connectivity index (χ0v) is 12.4. The number of methoxy groups -OCH3 is 1. The van der Waals surface area contributed by atoms with E-state index in [1.165, 1.54) is 11.3 Å². The molecular formula is C15H21NO2S. The van der Waals surface area contributed by atoms with E-state index in [0.29, 0.717) is 0 Å². The Bertz CT molecular complexity index is 474. The zero-order chi connectivity index (χ0) is 13.7. The van der Waals surface area contributed by atoms with Crippen molar-refractivity contribution < 1.29 is 9.84 Å². The van der Waals surface area contributed by atoms with Gasteiger partial charge in [0, 0.05) is 25.1 Å². The van der Waals surface area contributed by atoms with E-state index in [0.717, 1.165) is 30.9 Å². The Labute approximate surface area is 119 Å². The van der Waals surface area contributed by atoms with Crippen LogP contribution in [0, 0.1) is 11.8 Å². The zero-order valence-electron chi connectivity index (χ0n) is 11.6. The first-order chi connectivity index (χ1) is 9.15. The molecule has 0 aliphatic carbocycles. The first kappa shape index (κ1) is 14.5. The van der Waals surface area contributed by atoms with Gasteiger partial charge in [0.1, 0.15) is 6.61 Å². The summed E-state index contributed by atoms with van der Waals surface area (Å²) >= 11 is 1.71. The number of likely N-dealkylation sites (tertiary alicyclic amines) is 1. The topological polar surface area (TPSA) is 32.7 Å². The molecule has 0 aromatic carbocycles. The van der Waals surface area contributed by atoms with E-state index in [9.17, 15) is 0 Å². The molecule has 0 bridgehead atoms. The maximum atomic E-state index is 8.69. The van der Waals surface area contributed by atoms with Crippen LogP contribution in [0.4, 0.5) is 0 Å². The summed E-state index contributed by atoms with van der Waals surface area (Å²) in [7, 11) is 1.80. The molecule has 104 valence electrons. The molecule has 1 aliphatic rings. The quantitative estimate of drug-likeness (QED) is 0.860. The highest BCUT2D eigenvalue weighted by atomic mass is 32.1. The van der Waals surface area contributed by atoms with Gasteiger partial charge < -0.3 is 9.84 Å². The van der Waals surface area contributed by atoms with Gasteiger partial charge in [-0.25, -0.2) is 0 Å². The molecular weight excluding hydrogens is 258 g/mol. The Morgan fingerprint density at radius 2 is 2.37 bits per heavy atom. The standard InChI is InChI=1S/C15H21NO2S/c1-15(18-2)8-4-9-16(12-15)11-14-7-6-13(19-14)5-3-10-17/h6-7,17H,4,8-12H2,1-2H3. The number of thiophene rings is 1. The molecule has 1 fully saturated rings. The fraction of sp³-hybridized carbons (Fsp3) is 0.600. The van der Waals surface area contributed by atoms with Crippen molar-refractivity contribution in [1.82, 2.24) is 4.90 Å². The maximum absolute atomic E-state index is 8.69. The minimum atomic E-state index is -0.0778. The number of piperidine rings is 1. The molecule has 0 radical (unpaired) electrons. The normalized spacial score (nSPS) is 23.9. The molecule has 1 aliphatic heterocycles. The van der Waals surface area contributed by atoms with Crippen molar-refractivity contribution in [3.63, 3.8) is 0 Å². The monoisotopic (exact) mass is 279 g/mol. The third kappa shape index (κ3) is 4.05. The lowest BCUT2D eigenvalue weighted by Gasteiger charge is -2.39. The Kier molecular flexibility index (Phi) is 5.00. The first-order valence-electron chi connectivity index (χ1n) is 6.61. The summed E-state index contributed by atoms with van der Waals surface area (Å²) in [6.45, 7) is 5.19. The van der Waals surface area contributed by atoms with Gasteiger partial charge in [-0.2, -0.15) is 0 Å². The van der Waals surface area contributed by atoms with Gasteiger partial charge in [-0.1, -0.05) is 11.8 Å². The maximum Gasteiger partial charge on any atom is 0.104 e. The van der Waals surface area contributed by atoms with Crippen LogP contribution >= 0.6 is 11.3 Å². The highest BCUT2D eigenvalue weighted by Crippen LogP contribution is 2.26. The molecule has 4 heteroatoms. The average molecular weight is 279 g/mol. The summed E-state index contributed by atoms with van der Waals surface area (Å²) < 4.78 is 5.62.